The molecule has 4 nitrogen and oxygen atoms in total. The van der Waals surface area contributed by atoms with E-state index in [9.17, 15) is 13.5 Å². The van der Waals surface area contributed by atoms with Crippen molar-refractivity contribution in [2.75, 3.05) is 0 Å². The SMILES string of the molecule is CC[C@@](O)(NS(=O)(=O)c1ccc(C)cc1)c1ccccc1. The standard InChI is InChI=1S/C16H19NO3S/c1-3-16(18,14-7-5-4-6-8-14)17-21(19,20)15-11-9-13(2)10-12-15/h4-12,17-18H,3H2,1-2H3/t16-/m0/s1. The number of sulfonamides is 1. The van der Waals surface area contributed by atoms with Crippen LogP contribution in [0.4, 0.5) is 0 Å². The van der Waals surface area contributed by atoms with Crippen LogP contribution >= 0.6 is 0 Å². The predicted molar refractivity (Wildman–Crippen MR) is 82.1 cm³/mol. The normalized spacial score (nSPS) is 14.6. The van der Waals surface area contributed by atoms with Crippen LogP contribution < -0.4 is 4.72 Å². The van der Waals surface area contributed by atoms with Crippen LogP contribution in [0.25, 0.3) is 0 Å². The second kappa shape index (κ2) is 5.97. The summed E-state index contributed by atoms with van der Waals surface area (Å²) in [5, 5.41) is 10.7. The average molecular weight is 305 g/mol. The lowest BCUT2D eigenvalue weighted by molar-refractivity contribution is 0.0205. The van der Waals surface area contributed by atoms with Crippen molar-refractivity contribution < 1.29 is 13.5 Å². The monoisotopic (exact) mass is 305 g/mol. The minimum Gasteiger partial charge on any atom is -0.371 e. The Morgan fingerprint density at radius 1 is 1.05 bits per heavy atom. The highest BCUT2D eigenvalue weighted by atomic mass is 32.2. The molecular formula is C16H19NO3S. The molecule has 2 N–H and O–H groups in total. The van der Waals surface area contributed by atoms with Crippen LogP contribution in [0, 0.1) is 6.92 Å². The van der Waals surface area contributed by atoms with E-state index in [0.717, 1.165) is 5.56 Å². The van der Waals surface area contributed by atoms with Gasteiger partial charge in [-0.05, 0) is 31.0 Å². The molecule has 0 unspecified atom stereocenters. The Balaban J connectivity index is 2.35. The maximum absolute atomic E-state index is 12.4. The van der Waals surface area contributed by atoms with Crippen molar-refractivity contribution >= 4 is 10.0 Å². The Morgan fingerprint density at radius 2 is 1.62 bits per heavy atom. The van der Waals surface area contributed by atoms with Crippen LogP contribution in [0.1, 0.15) is 24.5 Å². The zero-order valence-corrected chi connectivity index (χ0v) is 12.9. The number of hydrogen-bond acceptors (Lipinski definition) is 3. The van der Waals surface area contributed by atoms with Crippen LogP contribution in [0.3, 0.4) is 0 Å². The number of aliphatic hydroxyl groups is 1. The molecule has 21 heavy (non-hydrogen) atoms. The fourth-order valence-corrected chi connectivity index (χ4v) is 3.37. The lowest BCUT2D eigenvalue weighted by atomic mass is 10.0. The zero-order chi connectivity index (χ0) is 15.5. The molecule has 0 amide bonds. The van der Waals surface area contributed by atoms with E-state index in [1.54, 1.807) is 43.3 Å². The van der Waals surface area contributed by atoms with Gasteiger partial charge in [0.25, 0.3) is 0 Å². The fraction of sp³-hybridized carbons (Fsp3) is 0.250. The van der Waals surface area contributed by atoms with Gasteiger partial charge in [0.1, 0.15) is 0 Å². The maximum Gasteiger partial charge on any atom is 0.243 e. The molecule has 0 heterocycles. The maximum atomic E-state index is 12.4. The Kier molecular flexibility index (Phi) is 4.46. The first-order valence-corrected chi connectivity index (χ1v) is 8.24. The summed E-state index contributed by atoms with van der Waals surface area (Å²) in [6, 6.07) is 15.2. The molecule has 0 fully saturated rings. The molecule has 2 aromatic rings. The lowest BCUT2D eigenvalue weighted by Crippen LogP contribution is -2.45. The van der Waals surface area contributed by atoms with E-state index in [0.29, 0.717) is 5.56 Å². The van der Waals surface area contributed by atoms with Crippen LogP contribution in [-0.4, -0.2) is 13.5 Å². The van der Waals surface area contributed by atoms with Crippen LogP contribution in [-0.2, 0) is 15.7 Å². The molecule has 1 atom stereocenters. The topological polar surface area (TPSA) is 66.4 Å². The largest absolute Gasteiger partial charge is 0.371 e. The third kappa shape index (κ3) is 3.50. The minimum absolute atomic E-state index is 0.135. The molecule has 0 saturated heterocycles. The molecule has 0 bridgehead atoms. The van der Waals surface area contributed by atoms with Gasteiger partial charge in [-0.2, -0.15) is 4.72 Å². The third-order valence-corrected chi connectivity index (χ3v) is 4.90. The molecule has 5 heteroatoms. The molecule has 0 aliphatic carbocycles. The Morgan fingerprint density at radius 3 is 2.14 bits per heavy atom. The number of benzene rings is 2. The van der Waals surface area contributed by atoms with Gasteiger partial charge in [0.05, 0.1) is 4.90 Å². The first-order chi connectivity index (χ1) is 9.87. The highest BCUT2D eigenvalue weighted by molar-refractivity contribution is 7.89. The highest BCUT2D eigenvalue weighted by Crippen LogP contribution is 2.24. The molecule has 0 spiro atoms. The minimum atomic E-state index is -3.79. The molecule has 0 saturated carbocycles. The molecule has 2 rings (SSSR count). The van der Waals surface area contributed by atoms with Crippen molar-refractivity contribution in [3.05, 3.63) is 65.7 Å². The van der Waals surface area contributed by atoms with Crippen molar-refractivity contribution in [3.8, 4) is 0 Å². The average Bonchev–Trinajstić information content (AvgIpc) is 2.48. The van der Waals surface area contributed by atoms with E-state index < -0.39 is 15.7 Å². The van der Waals surface area contributed by atoms with E-state index >= 15 is 0 Å². The summed E-state index contributed by atoms with van der Waals surface area (Å²) in [5.41, 5.74) is -0.128. The van der Waals surface area contributed by atoms with E-state index in [1.165, 1.54) is 12.1 Å². The van der Waals surface area contributed by atoms with E-state index in [4.69, 9.17) is 0 Å². The van der Waals surface area contributed by atoms with Gasteiger partial charge in [0.2, 0.25) is 10.0 Å². The van der Waals surface area contributed by atoms with Crippen LogP contribution in [0.5, 0.6) is 0 Å². The van der Waals surface area contributed by atoms with Crippen molar-refractivity contribution in [1.82, 2.24) is 4.72 Å². The number of rotatable bonds is 5. The van der Waals surface area contributed by atoms with Gasteiger partial charge in [-0.25, -0.2) is 8.42 Å². The zero-order valence-electron chi connectivity index (χ0n) is 12.1. The van der Waals surface area contributed by atoms with Gasteiger partial charge in [0.15, 0.2) is 5.72 Å². The van der Waals surface area contributed by atoms with Gasteiger partial charge < -0.3 is 5.11 Å². The van der Waals surface area contributed by atoms with Crippen molar-refractivity contribution in [3.63, 3.8) is 0 Å². The smallest absolute Gasteiger partial charge is 0.243 e. The van der Waals surface area contributed by atoms with Gasteiger partial charge >= 0.3 is 0 Å². The van der Waals surface area contributed by atoms with E-state index in [-0.39, 0.29) is 11.3 Å². The fourth-order valence-electron chi connectivity index (χ4n) is 2.05. The number of aryl methyl sites for hydroxylation is 1. The molecular weight excluding hydrogens is 286 g/mol. The van der Waals surface area contributed by atoms with Gasteiger partial charge in [-0.15, -0.1) is 0 Å². The second-order valence-electron chi connectivity index (χ2n) is 5.00. The summed E-state index contributed by atoms with van der Waals surface area (Å²) in [7, 11) is -3.79. The van der Waals surface area contributed by atoms with Gasteiger partial charge in [0, 0.05) is 0 Å². The summed E-state index contributed by atoms with van der Waals surface area (Å²) < 4.78 is 27.2. The first kappa shape index (κ1) is 15.7. The Labute approximate surface area is 125 Å². The van der Waals surface area contributed by atoms with Crippen LogP contribution in [0.15, 0.2) is 59.5 Å². The van der Waals surface area contributed by atoms with E-state index in [2.05, 4.69) is 4.72 Å². The summed E-state index contributed by atoms with van der Waals surface area (Å²) in [5.74, 6) is 0. The van der Waals surface area contributed by atoms with Crippen molar-refractivity contribution in [2.45, 2.75) is 30.9 Å². The van der Waals surface area contributed by atoms with Crippen molar-refractivity contribution in [2.24, 2.45) is 0 Å². The van der Waals surface area contributed by atoms with Crippen molar-refractivity contribution in [1.29, 1.82) is 0 Å². The van der Waals surface area contributed by atoms with Gasteiger partial charge in [-0.3, -0.25) is 0 Å². The molecule has 0 radical (unpaired) electrons. The molecule has 0 aliphatic rings. The highest BCUT2D eigenvalue weighted by Gasteiger charge is 2.32. The first-order valence-electron chi connectivity index (χ1n) is 6.76. The number of nitrogens with one attached hydrogen (secondary N) is 1. The predicted octanol–water partition coefficient (Wildman–Crippen LogP) is 2.53. The molecule has 0 aliphatic heterocycles. The quantitative estimate of drug-likeness (QED) is 0.834. The summed E-state index contributed by atoms with van der Waals surface area (Å²) in [4.78, 5) is 0.135. The second-order valence-corrected chi connectivity index (χ2v) is 6.68. The summed E-state index contributed by atoms with van der Waals surface area (Å²) in [6.45, 7) is 3.61. The van der Waals surface area contributed by atoms with E-state index in [1.807, 2.05) is 13.0 Å². The Hall–Kier alpha value is -1.69. The summed E-state index contributed by atoms with van der Waals surface area (Å²) >= 11 is 0. The molecule has 112 valence electrons. The summed E-state index contributed by atoms with van der Waals surface area (Å²) in [6.07, 6.45) is 0.224. The molecule has 0 aromatic heterocycles. The lowest BCUT2D eigenvalue weighted by Gasteiger charge is -2.28. The molecule has 2 aromatic carbocycles. The number of hydrogen-bond donors (Lipinski definition) is 2. The van der Waals surface area contributed by atoms with Crippen LogP contribution in [0.2, 0.25) is 0 Å². The Bertz CT molecular complexity index is 696. The van der Waals surface area contributed by atoms with Gasteiger partial charge in [-0.1, -0.05) is 55.0 Å². The third-order valence-electron chi connectivity index (χ3n) is 3.40.